The van der Waals surface area contributed by atoms with Gasteiger partial charge in [0, 0.05) is 13.6 Å². The number of carbonyl (C=O) groups is 1. The lowest BCUT2D eigenvalue weighted by atomic mass is 10.1. The summed E-state index contributed by atoms with van der Waals surface area (Å²) < 4.78 is 17.1. The van der Waals surface area contributed by atoms with Crippen molar-refractivity contribution in [3.05, 3.63) is 83.9 Å². The molecule has 0 N–H and O–H groups in total. The van der Waals surface area contributed by atoms with Crippen molar-refractivity contribution in [3.8, 4) is 23.0 Å². The number of benzene rings is 3. The molecule has 1 aliphatic heterocycles. The van der Waals surface area contributed by atoms with Gasteiger partial charge in [0.2, 0.25) is 0 Å². The number of hydrogen-bond donors (Lipinski definition) is 0. The van der Waals surface area contributed by atoms with Crippen LogP contribution in [-0.4, -0.2) is 31.1 Å². The Morgan fingerprint density at radius 1 is 0.929 bits per heavy atom. The van der Waals surface area contributed by atoms with Crippen molar-refractivity contribution in [2.45, 2.75) is 6.54 Å². The molecule has 142 valence electrons. The third-order valence-corrected chi connectivity index (χ3v) is 4.46. The van der Waals surface area contributed by atoms with Crippen LogP contribution in [0.25, 0.3) is 0 Å². The zero-order chi connectivity index (χ0) is 19.3. The Kier molecular flexibility index (Phi) is 5.15. The molecule has 5 heteroatoms. The number of nitrogens with zero attached hydrogens (tertiary/aromatic N) is 1. The summed E-state index contributed by atoms with van der Waals surface area (Å²) in [4.78, 5) is 14.7. The number of rotatable bonds is 5. The fourth-order valence-corrected chi connectivity index (χ4v) is 3.09. The number of amides is 1. The average Bonchev–Trinajstić information content (AvgIpc) is 2.74. The summed E-state index contributed by atoms with van der Waals surface area (Å²) >= 11 is 0. The highest BCUT2D eigenvalue weighted by Gasteiger charge is 2.18. The molecule has 0 aromatic heterocycles. The maximum absolute atomic E-state index is 13.0. The van der Waals surface area contributed by atoms with E-state index in [0.717, 1.165) is 17.1 Å². The van der Waals surface area contributed by atoms with Gasteiger partial charge in [-0.25, -0.2) is 0 Å². The van der Waals surface area contributed by atoms with Crippen molar-refractivity contribution < 1.29 is 19.0 Å². The third-order valence-electron chi connectivity index (χ3n) is 4.46. The summed E-state index contributed by atoms with van der Waals surface area (Å²) in [7, 11) is 1.78. The monoisotopic (exact) mass is 375 g/mol. The molecule has 4 rings (SSSR count). The molecule has 0 saturated heterocycles. The summed E-state index contributed by atoms with van der Waals surface area (Å²) in [6, 6.07) is 22.5. The molecule has 0 fully saturated rings. The van der Waals surface area contributed by atoms with Gasteiger partial charge in [0.25, 0.3) is 5.91 Å². The minimum absolute atomic E-state index is 0.110. The van der Waals surface area contributed by atoms with E-state index in [9.17, 15) is 4.79 Å². The third kappa shape index (κ3) is 3.93. The van der Waals surface area contributed by atoms with E-state index < -0.39 is 0 Å². The average molecular weight is 375 g/mol. The molecular weight excluding hydrogens is 354 g/mol. The summed E-state index contributed by atoms with van der Waals surface area (Å²) in [5.41, 5.74) is 1.49. The summed E-state index contributed by atoms with van der Waals surface area (Å²) in [5.74, 6) is 2.58. The van der Waals surface area contributed by atoms with Crippen LogP contribution in [0.2, 0.25) is 0 Å². The molecule has 1 amide bonds. The summed E-state index contributed by atoms with van der Waals surface area (Å²) in [5, 5.41) is 0. The lowest BCUT2D eigenvalue weighted by Gasteiger charge is -2.22. The van der Waals surface area contributed by atoms with Crippen LogP contribution < -0.4 is 14.2 Å². The van der Waals surface area contributed by atoms with E-state index in [1.54, 1.807) is 24.1 Å². The van der Waals surface area contributed by atoms with Gasteiger partial charge in [-0.3, -0.25) is 4.79 Å². The molecule has 0 aliphatic carbocycles. The first-order chi connectivity index (χ1) is 13.7. The molecule has 0 saturated carbocycles. The maximum Gasteiger partial charge on any atom is 0.257 e. The largest absolute Gasteiger partial charge is 0.486 e. The molecule has 3 aromatic carbocycles. The van der Waals surface area contributed by atoms with Crippen molar-refractivity contribution in [2.75, 3.05) is 20.3 Å². The van der Waals surface area contributed by atoms with Gasteiger partial charge >= 0.3 is 0 Å². The minimum atomic E-state index is -0.110. The standard InChI is InChI=1S/C23H21NO4/c1-24(16-17-11-12-21-22(15-17)27-14-13-26-21)23(25)19-9-5-6-10-20(19)28-18-7-3-2-4-8-18/h2-12,15H,13-14,16H2,1H3. The van der Waals surface area contributed by atoms with Crippen LogP contribution >= 0.6 is 0 Å². The predicted octanol–water partition coefficient (Wildman–Crippen LogP) is 4.52. The molecule has 1 aliphatic rings. The van der Waals surface area contributed by atoms with Gasteiger partial charge in [0.15, 0.2) is 11.5 Å². The molecule has 0 radical (unpaired) electrons. The van der Waals surface area contributed by atoms with Crippen molar-refractivity contribution in [1.29, 1.82) is 0 Å². The minimum Gasteiger partial charge on any atom is -0.486 e. The molecule has 1 heterocycles. The number of carbonyl (C=O) groups excluding carboxylic acids is 1. The number of fused-ring (bicyclic) bond motifs is 1. The Morgan fingerprint density at radius 3 is 2.46 bits per heavy atom. The van der Waals surface area contributed by atoms with Gasteiger partial charge < -0.3 is 19.1 Å². The van der Waals surface area contributed by atoms with Gasteiger partial charge in [0.1, 0.15) is 24.7 Å². The van der Waals surface area contributed by atoms with E-state index in [-0.39, 0.29) is 5.91 Å². The molecule has 28 heavy (non-hydrogen) atoms. The smallest absolute Gasteiger partial charge is 0.257 e. The Bertz CT molecular complexity index is 971. The highest BCUT2D eigenvalue weighted by Crippen LogP contribution is 2.31. The Balaban J connectivity index is 1.51. The number of para-hydroxylation sites is 2. The first-order valence-corrected chi connectivity index (χ1v) is 9.16. The van der Waals surface area contributed by atoms with Gasteiger partial charge in [-0.05, 0) is 42.0 Å². The molecule has 0 spiro atoms. The quantitative estimate of drug-likeness (QED) is 0.658. The van der Waals surface area contributed by atoms with Crippen LogP contribution in [0, 0.1) is 0 Å². The van der Waals surface area contributed by atoms with E-state index in [4.69, 9.17) is 14.2 Å². The van der Waals surface area contributed by atoms with E-state index >= 15 is 0 Å². The van der Waals surface area contributed by atoms with Gasteiger partial charge in [-0.2, -0.15) is 0 Å². The molecule has 0 atom stereocenters. The lowest BCUT2D eigenvalue weighted by molar-refractivity contribution is 0.0782. The first-order valence-electron chi connectivity index (χ1n) is 9.16. The molecule has 5 nitrogen and oxygen atoms in total. The molecule has 0 bridgehead atoms. The Labute approximate surface area is 164 Å². The normalized spacial score (nSPS) is 12.3. The highest BCUT2D eigenvalue weighted by molar-refractivity contribution is 5.96. The van der Waals surface area contributed by atoms with Crippen LogP contribution in [0.5, 0.6) is 23.0 Å². The molecule has 0 unspecified atom stereocenters. The van der Waals surface area contributed by atoms with Crippen LogP contribution in [-0.2, 0) is 6.54 Å². The van der Waals surface area contributed by atoms with Gasteiger partial charge in [-0.15, -0.1) is 0 Å². The van der Waals surface area contributed by atoms with Crippen molar-refractivity contribution in [3.63, 3.8) is 0 Å². The Morgan fingerprint density at radius 2 is 1.64 bits per heavy atom. The fraction of sp³-hybridized carbons (Fsp3) is 0.174. The van der Waals surface area contributed by atoms with E-state index in [1.807, 2.05) is 60.7 Å². The summed E-state index contributed by atoms with van der Waals surface area (Å²) in [6.45, 7) is 1.55. The van der Waals surface area contributed by atoms with Gasteiger partial charge in [-0.1, -0.05) is 36.4 Å². The van der Waals surface area contributed by atoms with Crippen LogP contribution in [0.3, 0.4) is 0 Å². The topological polar surface area (TPSA) is 48.0 Å². The van der Waals surface area contributed by atoms with E-state index in [2.05, 4.69) is 0 Å². The highest BCUT2D eigenvalue weighted by atomic mass is 16.6. The van der Waals surface area contributed by atoms with E-state index in [1.165, 1.54) is 0 Å². The number of hydrogen-bond acceptors (Lipinski definition) is 4. The van der Waals surface area contributed by atoms with Crippen LogP contribution in [0.15, 0.2) is 72.8 Å². The molecular formula is C23H21NO4. The Hall–Kier alpha value is -3.47. The second kappa shape index (κ2) is 8.05. The predicted molar refractivity (Wildman–Crippen MR) is 106 cm³/mol. The lowest BCUT2D eigenvalue weighted by Crippen LogP contribution is -2.26. The van der Waals surface area contributed by atoms with Crippen LogP contribution in [0.4, 0.5) is 0 Å². The SMILES string of the molecule is CN(Cc1ccc2c(c1)OCCO2)C(=O)c1ccccc1Oc1ccccc1. The van der Waals surface area contributed by atoms with Gasteiger partial charge in [0.05, 0.1) is 5.56 Å². The zero-order valence-corrected chi connectivity index (χ0v) is 15.6. The van der Waals surface area contributed by atoms with Crippen molar-refractivity contribution in [2.24, 2.45) is 0 Å². The first kappa shape index (κ1) is 17.9. The zero-order valence-electron chi connectivity index (χ0n) is 15.6. The fourth-order valence-electron chi connectivity index (χ4n) is 3.09. The van der Waals surface area contributed by atoms with Crippen molar-refractivity contribution >= 4 is 5.91 Å². The second-order valence-electron chi connectivity index (χ2n) is 6.55. The summed E-state index contributed by atoms with van der Waals surface area (Å²) in [6.07, 6.45) is 0. The van der Waals surface area contributed by atoms with Crippen LogP contribution in [0.1, 0.15) is 15.9 Å². The van der Waals surface area contributed by atoms with E-state index in [0.29, 0.717) is 36.8 Å². The molecule has 3 aromatic rings. The van der Waals surface area contributed by atoms with Crippen molar-refractivity contribution in [1.82, 2.24) is 4.90 Å². The second-order valence-corrected chi connectivity index (χ2v) is 6.55. The number of ether oxygens (including phenoxy) is 3. The maximum atomic E-state index is 13.0.